The third-order valence-electron chi connectivity index (χ3n) is 12.2. The van der Waals surface area contributed by atoms with E-state index in [0.717, 1.165) is 46.3 Å². The first-order valence-corrected chi connectivity index (χ1v) is 21.4. The zero-order valence-electron chi connectivity index (χ0n) is 38.0. The number of amides is 1. The van der Waals surface area contributed by atoms with Crippen LogP contribution in [0.2, 0.25) is 0 Å². The molecular weight excluding hydrogens is 735 g/mol. The van der Waals surface area contributed by atoms with E-state index >= 15 is 0 Å². The maximum Gasteiger partial charge on any atom is 0.409 e. The Morgan fingerprint density at radius 2 is 1.80 bits per heavy atom. The Morgan fingerprint density at radius 1 is 1.08 bits per heavy atom. The van der Waals surface area contributed by atoms with Crippen molar-refractivity contribution in [1.29, 1.82) is 5.26 Å². The highest BCUT2D eigenvalue weighted by atomic mass is 16.6. The monoisotopic (exact) mass is 804 g/mol. The number of aliphatic imine (C=N–C) groups is 1. The van der Waals surface area contributed by atoms with Gasteiger partial charge < -0.3 is 9.64 Å². The normalized spacial score (nSPS) is 20.8. The third-order valence-corrected chi connectivity index (χ3v) is 12.2. The van der Waals surface area contributed by atoms with Gasteiger partial charge in [-0.3, -0.25) is 4.99 Å². The Bertz CT molecular complexity index is 2090. The SMILES string of the molecule is C#CC1(C(/C(C)=C/C=C\C=C)(C(/C=C\C=C)=C/CC)C(C)(C)/C=N\C(C)C[C@H](N(C)C(=O)OCC2C(C)=C(/C=C\C=C/CC)c3ccccc32)C(C)(C)C#N)C=CC=CC1. The van der Waals surface area contributed by atoms with Gasteiger partial charge >= 0.3 is 6.09 Å². The average Bonchev–Trinajstić information content (AvgIpc) is 3.51. The molecule has 0 bridgehead atoms. The molecule has 5 atom stereocenters. The van der Waals surface area contributed by atoms with Crippen LogP contribution in [0.25, 0.3) is 5.57 Å². The number of nitriles is 1. The van der Waals surface area contributed by atoms with Crippen molar-refractivity contribution in [3.8, 4) is 18.4 Å². The van der Waals surface area contributed by atoms with Crippen molar-refractivity contribution < 1.29 is 9.53 Å². The lowest BCUT2D eigenvalue weighted by molar-refractivity contribution is 0.0712. The van der Waals surface area contributed by atoms with Crippen LogP contribution in [0, 0.1) is 45.3 Å². The summed E-state index contributed by atoms with van der Waals surface area (Å²) in [6, 6.07) is 10.0. The second kappa shape index (κ2) is 22.1. The highest BCUT2D eigenvalue weighted by Crippen LogP contribution is 2.63. The first-order valence-electron chi connectivity index (χ1n) is 21.4. The lowest BCUT2D eigenvalue weighted by Gasteiger charge is -2.56. The van der Waals surface area contributed by atoms with E-state index in [1.165, 1.54) is 0 Å². The molecule has 0 saturated carbocycles. The van der Waals surface area contributed by atoms with Crippen LogP contribution in [-0.4, -0.2) is 42.9 Å². The van der Waals surface area contributed by atoms with E-state index in [1.807, 2.05) is 63.4 Å². The Morgan fingerprint density at radius 3 is 2.42 bits per heavy atom. The summed E-state index contributed by atoms with van der Waals surface area (Å²) in [5, 5.41) is 10.4. The van der Waals surface area contributed by atoms with Crippen molar-refractivity contribution in [3.05, 3.63) is 162 Å². The fourth-order valence-corrected chi connectivity index (χ4v) is 9.22. The van der Waals surface area contributed by atoms with Crippen molar-refractivity contribution in [2.24, 2.45) is 26.7 Å². The van der Waals surface area contributed by atoms with Gasteiger partial charge in [-0.1, -0.05) is 179 Å². The molecule has 5 heteroatoms. The van der Waals surface area contributed by atoms with Gasteiger partial charge in [0, 0.05) is 36.1 Å². The largest absolute Gasteiger partial charge is 0.448 e. The highest BCUT2D eigenvalue weighted by molar-refractivity contribution is 5.84. The van der Waals surface area contributed by atoms with Crippen LogP contribution in [0.3, 0.4) is 0 Å². The van der Waals surface area contributed by atoms with E-state index in [9.17, 15) is 10.1 Å². The van der Waals surface area contributed by atoms with Crippen LogP contribution < -0.4 is 0 Å². The van der Waals surface area contributed by atoms with Gasteiger partial charge in [0.2, 0.25) is 0 Å². The smallest absolute Gasteiger partial charge is 0.409 e. The van der Waals surface area contributed by atoms with E-state index in [2.05, 4.69) is 140 Å². The van der Waals surface area contributed by atoms with Gasteiger partial charge in [0.15, 0.2) is 0 Å². The van der Waals surface area contributed by atoms with Crippen molar-refractivity contribution in [3.63, 3.8) is 0 Å². The van der Waals surface area contributed by atoms with Gasteiger partial charge in [0.25, 0.3) is 0 Å². The van der Waals surface area contributed by atoms with Crippen LogP contribution in [0.5, 0.6) is 0 Å². The maximum absolute atomic E-state index is 14.0. The van der Waals surface area contributed by atoms with Crippen LogP contribution in [0.15, 0.2) is 156 Å². The van der Waals surface area contributed by atoms with Crippen molar-refractivity contribution in [2.75, 3.05) is 13.7 Å². The third kappa shape index (κ3) is 10.6. The van der Waals surface area contributed by atoms with Crippen LogP contribution >= 0.6 is 0 Å². The number of hydrogen-bond donors (Lipinski definition) is 0. The molecule has 5 nitrogen and oxygen atoms in total. The molecular formula is C55H69N3O2. The molecule has 0 radical (unpaired) electrons. The molecule has 0 heterocycles. The summed E-state index contributed by atoms with van der Waals surface area (Å²) in [6.45, 7) is 26.8. The molecule has 0 saturated heterocycles. The average molecular weight is 804 g/mol. The van der Waals surface area contributed by atoms with Gasteiger partial charge in [-0.2, -0.15) is 5.26 Å². The summed E-state index contributed by atoms with van der Waals surface area (Å²) in [4.78, 5) is 20.8. The van der Waals surface area contributed by atoms with E-state index in [-0.39, 0.29) is 18.6 Å². The number of hydrogen-bond acceptors (Lipinski definition) is 4. The van der Waals surface area contributed by atoms with Crippen LogP contribution in [-0.2, 0) is 4.74 Å². The molecule has 0 aromatic heterocycles. The number of rotatable bonds is 20. The number of nitrogens with zero attached hydrogens (tertiary/aromatic N) is 3. The molecule has 0 N–H and O–H groups in total. The second-order valence-electron chi connectivity index (χ2n) is 17.0. The minimum Gasteiger partial charge on any atom is -0.448 e. The molecule has 0 aliphatic heterocycles. The number of fused-ring (bicyclic) bond motifs is 1. The molecule has 1 amide bonds. The molecule has 4 unspecified atom stereocenters. The Hall–Kier alpha value is -5.65. The Labute approximate surface area is 363 Å². The predicted molar refractivity (Wildman–Crippen MR) is 256 cm³/mol. The fraction of sp³-hybridized carbons (Fsp3) is 0.400. The second-order valence-corrected chi connectivity index (χ2v) is 17.0. The van der Waals surface area contributed by atoms with Gasteiger partial charge in [-0.25, -0.2) is 4.79 Å². The van der Waals surface area contributed by atoms with Crippen molar-refractivity contribution in [1.82, 2.24) is 4.90 Å². The van der Waals surface area contributed by atoms with Crippen molar-refractivity contribution >= 4 is 17.9 Å². The van der Waals surface area contributed by atoms with E-state index in [0.29, 0.717) is 12.8 Å². The summed E-state index contributed by atoms with van der Waals surface area (Å²) in [6.07, 6.45) is 43.9. The number of carbonyl (C=O) groups excluding carboxylic acids is 1. The minimum absolute atomic E-state index is 0.0691. The highest BCUT2D eigenvalue weighted by Gasteiger charge is 2.59. The predicted octanol–water partition coefficient (Wildman–Crippen LogP) is 13.8. The standard InChI is InChI=1S/C55H69N3O2/c1-14-19-22-25-33-46-44(8)49(48-35-27-26-34-47(46)48)39-60-51(59)58(13)50(52(9,10)40-56)38-43(7)57-41-53(11,12)55(42(6)31-24-20-15-2,45(30-17-4)32-21-16-3)54(18-5)36-28-23-29-37-54/h5,15-16,19-36,41,43,49-50H,2-3,14,17,37-39H2,1,4,6-13H3/b22-19-,24-20-,32-21-,33-25-,42-31+,45-30+,57-41-/t43?,49?,50-,54?,55?/m0/s1. The summed E-state index contributed by atoms with van der Waals surface area (Å²) >= 11 is 0. The van der Waals surface area contributed by atoms with Gasteiger partial charge in [0.05, 0.1) is 22.9 Å². The maximum atomic E-state index is 14.0. The van der Waals surface area contributed by atoms with Gasteiger partial charge in [-0.15, -0.1) is 6.42 Å². The number of carbonyl (C=O) groups is 1. The Kier molecular flexibility index (Phi) is 17.9. The quantitative estimate of drug-likeness (QED) is 0.0749. The number of terminal acetylenes is 1. The summed E-state index contributed by atoms with van der Waals surface area (Å²) in [5.74, 6) is 3.22. The number of ether oxygens (including phenoxy) is 1. The fourth-order valence-electron chi connectivity index (χ4n) is 9.22. The van der Waals surface area contributed by atoms with Crippen molar-refractivity contribution in [2.45, 2.75) is 106 Å². The molecule has 0 fully saturated rings. The number of benzene rings is 1. The van der Waals surface area contributed by atoms with Gasteiger partial charge in [0.1, 0.15) is 6.61 Å². The molecule has 60 heavy (non-hydrogen) atoms. The molecule has 1 aromatic rings. The van der Waals surface area contributed by atoms with E-state index < -0.39 is 33.8 Å². The summed E-state index contributed by atoms with van der Waals surface area (Å²) in [7, 11) is 1.73. The van der Waals surface area contributed by atoms with Crippen LogP contribution in [0.4, 0.5) is 4.79 Å². The lowest BCUT2D eigenvalue weighted by atomic mass is 9.45. The van der Waals surface area contributed by atoms with Crippen LogP contribution in [0.1, 0.15) is 105 Å². The molecule has 3 rings (SSSR count). The first-order chi connectivity index (χ1) is 28.6. The zero-order chi connectivity index (χ0) is 44.6. The molecule has 2 aliphatic carbocycles. The Balaban J connectivity index is 2.05. The zero-order valence-corrected chi connectivity index (χ0v) is 38.0. The van der Waals surface area contributed by atoms with E-state index in [4.69, 9.17) is 16.2 Å². The summed E-state index contributed by atoms with van der Waals surface area (Å²) < 4.78 is 6.10. The molecule has 0 spiro atoms. The molecule has 316 valence electrons. The van der Waals surface area contributed by atoms with E-state index in [1.54, 1.807) is 24.1 Å². The first kappa shape index (κ1) is 48.7. The summed E-state index contributed by atoms with van der Waals surface area (Å²) in [5.41, 5.74) is 3.70. The number of allylic oxidation sites excluding steroid dienone is 19. The topological polar surface area (TPSA) is 65.7 Å². The van der Waals surface area contributed by atoms with Gasteiger partial charge in [-0.05, 0) is 82.6 Å². The molecule has 1 aromatic carbocycles. The molecule has 2 aliphatic rings. The minimum atomic E-state index is -0.896. The lowest BCUT2D eigenvalue weighted by Crippen LogP contribution is -2.53.